The molecule has 0 aliphatic rings. The summed E-state index contributed by atoms with van der Waals surface area (Å²) < 4.78 is 9.74. The second kappa shape index (κ2) is 4.04. The molecule has 0 bridgehead atoms. The summed E-state index contributed by atoms with van der Waals surface area (Å²) in [6.45, 7) is 2.02. The molecule has 0 amide bonds. The maximum Gasteiger partial charge on any atom is 0.373 e. The van der Waals surface area contributed by atoms with E-state index in [-0.39, 0.29) is 12.4 Å². The van der Waals surface area contributed by atoms with Crippen LogP contribution in [0.5, 0.6) is 0 Å². The number of aryl methyl sites for hydroxylation is 1. The van der Waals surface area contributed by atoms with E-state index in [1.165, 1.54) is 7.11 Å². The van der Waals surface area contributed by atoms with Gasteiger partial charge in [0.1, 0.15) is 6.61 Å². The molecule has 0 spiro atoms. The highest BCUT2D eigenvalue weighted by atomic mass is 16.5. The summed E-state index contributed by atoms with van der Waals surface area (Å²) in [5.74, 6) is -0.877. The van der Waals surface area contributed by atoms with Crippen molar-refractivity contribution in [2.24, 2.45) is 0 Å². The van der Waals surface area contributed by atoms with E-state index in [1.807, 2.05) is 6.92 Å². The fourth-order valence-corrected chi connectivity index (χ4v) is 0.993. The van der Waals surface area contributed by atoms with Crippen molar-refractivity contribution in [3.05, 3.63) is 17.3 Å². The van der Waals surface area contributed by atoms with Gasteiger partial charge in [-0.1, -0.05) is 6.92 Å². The summed E-state index contributed by atoms with van der Waals surface area (Å²) in [5, 5.41) is 8.70. The van der Waals surface area contributed by atoms with Crippen LogP contribution in [0.15, 0.2) is 4.42 Å². The molecule has 0 unspecified atom stereocenters. The Morgan fingerprint density at radius 3 is 2.77 bits per heavy atom. The normalized spacial score (nSPS) is 10.3. The average Bonchev–Trinajstić information content (AvgIpc) is 2.48. The third-order valence-electron chi connectivity index (χ3n) is 1.54. The van der Waals surface area contributed by atoms with Gasteiger partial charge in [0.2, 0.25) is 11.7 Å². The summed E-state index contributed by atoms with van der Waals surface area (Å²) >= 11 is 0. The molecule has 0 saturated carbocycles. The molecular formula is C8H11NO4. The molecular weight excluding hydrogens is 174 g/mol. The van der Waals surface area contributed by atoms with Gasteiger partial charge >= 0.3 is 5.97 Å². The van der Waals surface area contributed by atoms with Gasteiger partial charge in [0.05, 0.1) is 5.69 Å². The number of hydrogen-bond acceptors (Lipinski definition) is 4. The molecule has 1 N–H and O–H groups in total. The van der Waals surface area contributed by atoms with Crippen molar-refractivity contribution in [1.82, 2.24) is 4.98 Å². The van der Waals surface area contributed by atoms with E-state index in [0.29, 0.717) is 18.0 Å². The minimum absolute atomic E-state index is 0.0884. The Balaban J connectivity index is 2.97. The zero-order valence-electron chi connectivity index (χ0n) is 7.53. The van der Waals surface area contributed by atoms with E-state index in [9.17, 15) is 4.79 Å². The minimum atomic E-state index is -1.09. The quantitative estimate of drug-likeness (QED) is 0.759. The van der Waals surface area contributed by atoms with Gasteiger partial charge in [-0.2, -0.15) is 0 Å². The van der Waals surface area contributed by atoms with Crippen molar-refractivity contribution in [2.45, 2.75) is 20.0 Å². The van der Waals surface area contributed by atoms with E-state index in [2.05, 4.69) is 4.98 Å². The van der Waals surface area contributed by atoms with Crippen molar-refractivity contribution in [2.75, 3.05) is 7.11 Å². The number of aromatic carboxylic acids is 1. The van der Waals surface area contributed by atoms with Crippen LogP contribution >= 0.6 is 0 Å². The van der Waals surface area contributed by atoms with Gasteiger partial charge < -0.3 is 14.3 Å². The summed E-state index contributed by atoms with van der Waals surface area (Å²) in [6.07, 6.45) is 0.537. The number of nitrogens with zero attached hydrogens (tertiary/aromatic N) is 1. The lowest BCUT2D eigenvalue weighted by Crippen LogP contribution is -1.98. The zero-order valence-corrected chi connectivity index (χ0v) is 7.53. The lowest BCUT2D eigenvalue weighted by Gasteiger charge is -1.89. The number of carbonyl (C=O) groups is 1. The fraction of sp³-hybridized carbons (Fsp3) is 0.500. The molecule has 13 heavy (non-hydrogen) atoms. The lowest BCUT2D eigenvalue weighted by atomic mass is 10.3. The average molecular weight is 185 g/mol. The Labute approximate surface area is 75.3 Å². The van der Waals surface area contributed by atoms with Gasteiger partial charge in [-0.15, -0.1) is 0 Å². The van der Waals surface area contributed by atoms with Gasteiger partial charge in [0.15, 0.2) is 0 Å². The number of carboxylic acids is 1. The van der Waals surface area contributed by atoms with Crippen LogP contribution in [0.2, 0.25) is 0 Å². The lowest BCUT2D eigenvalue weighted by molar-refractivity contribution is 0.0653. The van der Waals surface area contributed by atoms with Gasteiger partial charge in [-0.25, -0.2) is 9.78 Å². The Kier molecular flexibility index (Phi) is 3.02. The van der Waals surface area contributed by atoms with E-state index < -0.39 is 5.97 Å². The Hall–Kier alpha value is -1.36. The molecule has 0 radical (unpaired) electrons. The first-order chi connectivity index (χ1) is 6.19. The highest BCUT2D eigenvalue weighted by Gasteiger charge is 2.17. The van der Waals surface area contributed by atoms with Crippen LogP contribution in [0, 0.1) is 0 Å². The maximum atomic E-state index is 10.6. The van der Waals surface area contributed by atoms with E-state index in [0.717, 1.165) is 0 Å². The zero-order chi connectivity index (χ0) is 9.84. The van der Waals surface area contributed by atoms with Crippen LogP contribution in [0.3, 0.4) is 0 Å². The summed E-state index contributed by atoms with van der Waals surface area (Å²) in [5.41, 5.74) is 0.458. The van der Waals surface area contributed by atoms with Crippen molar-refractivity contribution in [3.8, 4) is 0 Å². The first-order valence-electron chi connectivity index (χ1n) is 3.89. The van der Waals surface area contributed by atoms with Crippen molar-refractivity contribution < 1.29 is 19.1 Å². The predicted molar refractivity (Wildman–Crippen MR) is 43.6 cm³/mol. The molecule has 1 aromatic heterocycles. The molecule has 72 valence electrons. The van der Waals surface area contributed by atoms with Crippen LogP contribution in [-0.4, -0.2) is 23.2 Å². The molecule has 5 nitrogen and oxygen atoms in total. The monoisotopic (exact) mass is 185 g/mol. The Morgan fingerprint density at radius 1 is 1.69 bits per heavy atom. The second-order valence-corrected chi connectivity index (χ2v) is 2.48. The summed E-state index contributed by atoms with van der Waals surface area (Å²) in [4.78, 5) is 14.6. The van der Waals surface area contributed by atoms with Crippen LogP contribution in [0.1, 0.15) is 29.1 Å². The summed E-state index contributed by atoms with van der Waals surface area (Å²) in [7, 11) is 1.50. The molecule has 0 aliphatic heterocycles. The van der Waals surface area contributed by atoms with Crippen LogP contribution < -0.4 is 0 Å². The number of rotatable bonds is 4. The second-order valence-electron chi connectivity index (χ2n) is 2.48. The number of methoxy groups -OCH3 is 1. The Morgan fingerprint density at radius 2 is 2.38 bits per heavy atom. The highest BCUT2D eigenvalue weighted by Crippen LogP contribution is 2.12. The number of oxazole rings is 1. The first-order valence-corrected chi connectivity index (χ1v) is 3.89. The standard InChI is InChI=1S/C8H11NO4/c1-3-5-7(8(10)11)13-6(9-5)4-12-2/h3-4H2,1-2H3,(H,10,11). The van der Waals surface area contributed by atoms with Crippen molar-refractivity contribution in [1.29, 1.82) is 0 Å². The van der Waals surface area contributed by atoms with Gasteiger partial charge in [-0.3, -0.25) is 0 Å². The van der Waals surface area contributed by atoms with Crippen LogP contribution in [0.25, 0.3) is 0 Å². The molecule has 0 aliphatic carbocycles. The Bertz CT molecular complexity index is 305. The van der Waals surface area contributed by atoms with Gasteiger partial charge in [-0.05, 0) is 6.42 Å². The maximum absolute atomic E-state index is 10.6. The van der Waals surface area contributed by atoms with E-state index in [4.69, 9.17) is 14.3 Å². The largest absolute Gasteiger partial charge is 0.475 e. The molecule has 0 saturated heterocycles. The fourth-order valence-electron chi connectivity index (χ4n) is 0.993. The number of aromatic nitrogens is 1. The third kappa shape index (κ3) is 2.06. The van der Waals surface area contributed by atoms with Gasteiger partial charge in [0.25, 0.3) is 0 Å². The molecule has 1 aromatic rings. The SMILES string of the molecule is CCc1nc(COC)oc1C(=O)O. The van der Waals surface area contributed by atoms with Crippen molar-refractivity contribution in [3.63, 3.8) is 0 Å². The molecule has 0 fully saturated rings. The number of hydrogen-bond donors (Lipinski definition) is 1. The number of ether oxygens (including phenoxy) is 1. The molecule has 1 heterocycles. The van der Waals surface area contributed by atoms with Crippen molar-refractivity contribution >= 4 is 5.97 Å². The van der Waals surface area contributed by atoms with Crippen LogP contribution in [0.4, 0.5) is 0 Å². The van der Waals surface area contributed by atoms with Crippen LogP contribution in [-0.2, 0) is 17.8 Å². The predicted octanol–water partition coefficient (Wildman–Crippen LogP) is 1.08. The smallest absolute Gasteiger partial charge is 0.373 e. The third-order valence-corrected chi connectivity index (χ3v) is 1.54. The number of carboxylic acid groups (broad SMARTS) is 1. The highest BCUT2D eigenvalue weighted by molar-refractivity contribution is 5.85. The van der Waals surface area contributed by atoms with E-state index in [1.54, 1.807) is 0 Å². The summed E-state index contributed by atoms with van der Waals surface area (Å²) in [6, 6.07) is 0. The first kappa shape index (κ1) is 9.73. The molecule has 0 aromatic carbocycles. The molecule has 5 heteroatoms. The van der Waals surface area contributed by atoms with Gasteiger partial charge in [0, 0.05) is 7.11 Å². The molecule has 0 atom stereocenters. The molecule has 1 rings (SSSR count). The topological polar surface area (TPSA) is 72.6 Å². The minimum Gasteiger partial charge on any atom is -0.475 e. The van der Waals surface area contributed by atoms with E-state index >= 15 is 0 Å².